The Morgan fingerprint density at radius 2 is 1.56 bits per heavy atom. The van der Waals surface area contributed by atoms with E-state index >= 15 is 0 Å². The number of rotatable bonds is 6. The van der Waals surface area contributed by atoms with Crippen LogP contribution in [0, 0.1) is 6.92 Å². The monoisotopic (exact) mass is 337 g/mol. The molecule has 5 nitrogen and oxygen atoms in total. The number of nitrogens with zero attached hydrogens (tertiary/aromatic N) is 2. The molecule has 0 fully saturated rings. The van der Waals surface area contributed by atoms with Crippen molar-refractivity contribution in [1.82, 2.24) is 9.13 Å². The zero-order chi connectivity index (χ0) is 17.8. The molecule has 25 heavy (non-hydrogen) atoms. The Balaban J connectivity index is 1.76. The number of anilines is 1. The molecule has 130 valence electrons. The summed E-state index contributed by atoms with van der Waals surface area (Å²) in [5.74, 6) is -0.0944. The number of aromatic nitrogens is 2. The molecule has 0 aliphatic heterocycles. The van der Waals surface area contributed by atoms with Gasteiger partial charge >= 0.3 is 5.69 Å². The van der Waals surface area contributed by atoms with Gasteiger partial charge in [0.25, 0.3) is 0 Å². The van der Waals surface area contributed by atoms with Crippen molar-refractivity contribution >= 4 is 22.6 Å². The quantitative estimate of drug-likeness (QED) is 0.748. The maximum atomic E-state index is 12.7. The highest BCUT2D eigenvalue weighted by Gasteiger charge is 2.13. The summed E-state index contributed by atoms with van der Waals surface area (Å²) in [7, 11) is 0. The average molecular weight is 337 g/mol. The van der Waals surface area contributed by atoms with Gasteiger partial charge in [0.1, 0.15) is 0 Å². The van der Waals surface area contributed by atoms with E-state index in [2.05, 4.69) is 5.32 Å². The molecule has 5 heteroatoms. The molecule has 2 aromatic carbocycles. The fraction of sp³-hybridized carbons (Fsp3) is 0.300. The van der Waals surface area contributed by atoms with Crippen LogP contribution in [0.25, 0.3) is 11.0 Å². The van der Waals surface area contributed by atoms with Crippen LogP contribution in [0.15, 0.2) is 53.3 Å². The lowest BCUT2D eigenvalue weighted by Crippen LogP contribution is -2.26. The highest BCUT2D eigenvalue weighted by atomic mass is 16.2. The van der Waals surface area contributed by atoms with Crippen molar-refractivity contribution in [2.45, 2.75) is 39.8 Å². The second kappa shape index (κ2) is 7.38. The smallest absolute Gasteiger partial charge is 0.326 e. The molecule has 0 radical (unpaired) electrons. The summed E-state index contributed by atoms with van der Waals surface area (Å²) in [4.78, 5) is 24.9. The topological polar surface area (TPSA) is 56.0 Å². The molecule has 0 saturated carbocycles. The van der Waals surface area contributed by atoms with Gasteiger partial charge in [-0.1, -0.05) is 36.8 Å². The van der Waals surface area contributed by atoms with Gasteiger partial charge in [-0.25, -0.2) is 4.79 Å². The summed E-state index contributed by atoms with van der Waals surface area (Å²) < 4.78 is 3.48. The summed E-state index contributed by atoms with van der Waals surface area (Å²) in [6, 6.07) is 15.4. The molecule has 3 rings (SSSR count). The summed E-state index contributed by atoms with van der Waals surface area (Å²) in [5, 5.41) is 2.88. The van der Waals surface area contributed by atoms with Crippen LogP contribution in [0.4, 0.5) is 5.69 Å². The molecule has 0 spiro atoms. The van der Waals surface area contributed by atoms with E-state index in [1.807, 2.05) is 62.4 Å². The number of hydrogen-bond donors (Lipinski definition) is 1. The largest absolute Gasteiger partial charge is 0.329 e. The van der Waals surface area contributed by atoms with E-state index in [1.165, 1.54) is 0 Å². The number of benzene rings is 2. The van der Waals surface area contributed by atoms with Gasteiger partial charge in [-0.3, -0.25) is 13.9 Å². The van der Waals surface area contributed by atoms with Crippen molar-refractivity contribution in [3.8, 4) is 0 Å². The van der Waals surface area contributed by atoms with Gasteiger partial charge in [0.2, 0.25) is 5.91 Å². The van der Waals surface area contributed by atoms with Crippen molar-refractivity contribution in [2.24, 2.45) is 0 Å². The first-order valence-electron chi connectivity index (χ1n) is 8.64. The van der Waals surface area contributed by atoms with Gasteiger partial charge in [0.15, 0.2) is 0 Å². The standard InChI is InChI=1S/C20H23N3O2/c1-3-13-22-17-6-4-5-7-18(17)23(20(22)25)14-12-19(24)21-16-10-8-15(2)9-11-16/h4-11H,3,12-14H2,1-2H3,(H,21,24). The normalized spacial score (nSPS) is 11.0. The number of carbonyl (C=O) groups excluding carboxylic acids is 1. The SMILES string of the molecule is CCCn1c(=O)n(CCC(=O)Nc2ccc(C)cc2)c2ccccc21. The Morgan fingerprint density at radius 1 is 0.960 bits per heavy atom. The van der Waals surface area contributed by atoms with Gasteiger partial charge in [-0.15, -0.1) is 0 Å². The van der Waals surface area contributed by atoms with E-state index in [1.54, 1.807) is 9.13 Å². The van der Waals surface area contributed by atoms with Crippen molar-refractivity contribution in [1.29, 1.82) is 0 Å². The molecule has 1 N–H and O–H groups in total. The average Bonchev–Trinajstić information content (AvgIpc) is 2.88. The first-order chi connectivity index (χ1) is 12.1. The maximum Gasteiger partial charge on any atom is 0.329 e. The predicted molar refractivity (Wildman–Crippen MR) is 101 cm³/mol. The van der Waals surface area contributed by atoms with Crippen molar-refractivity contribution in [2.75, 3.05) is 5.32 Å². The Labute approximate surface area is 146 Å². The van der Waals surface area contributed by atoms with Crippen molar-refractivity contribution in [3.05, 3.63) is 64.6 Å². The lowest BCUT2D eigenvalue weighted by molar-refractivity contribution is -0.116. The van der Waals surface area contributed by atoms with Gasteiger partial charge in [0, 0.05) is 25.2 Å². The third kappa shape index (κ3) is 3.65. The summed E-state index contributed by atoms with van der Waals surface area (Å²) in [5.41, 5.74) is 3.67. The Morgan fingerprint density at radius 3 is 2.16 bits per heavy atom. The number of para-hydroxylation sites is 2. The number of nitrogens with one attached hydrogen (secondary N) is 1. The zero-order valence-electron chi connectivity index (χ0n) is 14.7. The number of hydrogen-bond acceptors (Lipinski definition) is 2. The Bertz CT molecular complexity index is 936. The number of aryl methyl sites for hydroxylation is 3. The van der Waals surface area contributed by atoms with Crippen LogP contribution in [0.3, 0.4) is 0 Å². The molecule has 0 aliphatic carbocycles. The molecule has 0 atom stereocenters. The first-order valence-corrected chi connectivity index (χ1v) is 8.64. The molecule has 1 amide bonds. The van der Waals surface area contributed by atoms with Crippen LogP contribution in [0.5, 0.6) is 0 Å². The highest BCUT2D eigenvalue weighted by molar-refractivity contribution is 5.90. The van der Waals surface area contributed by atoms with E-state index in [4.69, 9.17) is 0 Å². The highest BCUT2D eigenvalue weighted by Crippen LogP contribution is 2.14. The number of imidazole rings is 1. The molecule has 0 bridgehead atoms. The fourth-order valence-corrected chi connectivity index (χ4v) is 3.00. The summed E-state index contributed by atoms with van der Waals surface area (Å²) in [6.07, 6.45) is 1.15. The van der Waals surface area contributed by atoms with Gasteiger partial charge < -0.3 is 5.32 Å². The minimum Gasteiger partial charge on any atom is -0.326 e. The summed E-state index contributed by atoms with van der Waals surface area (Å²) >= 11 is 0. The number of carbonyl (C=O) groups is 1. The zero-order valence-corrected chi connectivity index (χ0v) is 14.7. The van der Waals surface area contributed by atoms with E-state index in [-0.39, 0.29) is 18.0 Å². The van der Waals surface area contributed by atoms with Gasteiger partial charge in [-0.2, -0.15) is 0 Å². The second-order valence-corrected chi connectivity index (χ2v) is 6.24. The van der Waals surface area contributed by atoms with Crippen LogP contribution in [0.1, 0.15) is 25.3 Å². The molecule has 1 aromatic heterocycles. The molecule has 0 saturated heterocycles. The molecule has 3 aromatic rings. The lowest BCUT2D eigenvalue weighted by Gasteiger charge is -2.06. The van der Waals surface area contributed by atoms with Crippen molar-refractivity contribution < 1.29 is 4.79 Å². The Kier molecular flexibility index (Phi) is 5.03. The third-order valence-electron chi connectivity index (χ3n) is 4.27. The van der Waals surface area contributed by atoms with Gasteiger partial charge in [-0.05, 0) is 37.6 Å². The van der Waals surface area contributed by atoms with E-state index < -0.39 is 0 Å². The minimum absolute atomic E-state index is 0.0498. The third-order valence-corrected chi connectivity index (χ3v) is 4.27. The number of fused-ring (bicyclic) bond motifs is 1. The molecular weight excluding hydrogens is 314 g/mol. The molecule has 0 unspecified atom stereocenters. The predicted octanol–water partition coefficient (Wildman–Crippen LogP) is 3.55. The second-order valence-electron chi connectivity index (χ2n) is 6.24. The molecule has 0 aliphatic rings. The van der Waals surface area contributed by atoms with Gasteiger partial charge in [0.05, 0.1) is 11.0 Å². The van der Waals surface area contributed by atoms with Crippen LogP contribution >= 0.6 is 0 Å². The molecular formula is C20H23N3O2. The van der Waals surface area contributed by atoms with Crippen LogP contribution in [0.2, 0.25) is 0 Å². The molecule has 1 heterocycles. The van der Waals surface area contributed by atoms with Crippen LogP contribution < -0.4 is 11.0 Å². The maximum absolute atomic E-state index is 12.7. The number of amides is 1. The van der Waals surface area contributed by atoms with Crippen LogP contribution in [-0.4, -0.2) is 15.0 Å². The van der Waals surface area contributed by atoms with Crippen LogP contribution in [-0.2, 0) is 17.9 Å². The van der Waals surface area contributed by atoms with Crippen molar-refractivity contribution in [3.63, 3.8) is 0 Å². The lowest BCUT2D eigenvalue weighted by atomic mass is 10.2. The fourth-order valence-electron chi connectivity index (χ4n) is 3.00. The minimum atomic E-state index is -0.0944. The van der Waals surface area contributed by atoms with E-state index in [9.17, 15) is 9.59 Å². The van der Waals surface area contributed by atoms with E-state index in [0.29, 0.717) is 13.1 Å². The summed E-state index contributed by atoms with van der Waals surface area (Å²) in [6.45, 7) is 5.10. The van der Waals surface area contributed by atoms with E-state index in [0.717, 1.165) is 28.7 Å². The Hall–Kier alpha value is -2.82. The first kappa shape index (κ1) is 17.0.